The van der Waals surface area contributed by atoms with Crippen LogP contribution in [0.5, 0.6) is 5.75 Å². The van der Waals surface area contributed by atoms with Crippen molar-refractivity contribution in [1.82, 2.24) is 4.98 Å². The Hall–Kier alpha value is -3.28. The van der Waals surface area contributed by atoms with E-state index in [1.165, 1.54) is 7.11 Å². The van der Waals surface area contributed by atoms with Gasteiger partial charge in [0.05, 0.1) is 26.2 Å². The molecule has 0 bridgehead atoms. The molecule has 2 N–H and O–H groups in total. The zero-order valence-corrected chi connectivity index (χ0v) is 14.9. The fourth-order valence-corrected chi connectivity index (χ4v) is 2.92. The van der Waals surface area contributed by atoms with Crippen LogP contribution >= 0.6 is 0 Å². The average Bonchev–Trinajstić information content (AvgIpc) is 2.95. The van der Waals surface area contributed by atoms with Gasteiger partial charge >= 0.3 is 5.97 Å². The number of ether oxygens (including phenoxy) is 2. The molecule has 0 atom stereocenters. The third kappa shape index (κ3) is 3.54. The first kappa shape index (κ1) is 17.5. The first-order valence-electron chi connectivity index (χ1n) is 8.15. The predicted molar refractivity (Wildman–Crippen MR) is 99.7 cm³/mol. The van der Waals surface area contributed by atoms with E-state index in [1.54, 1.807) is 31.4 Å². The summed E-state index contributed by atoms with van der Waals surface area (Å²) in [6.07, 6.45) is 0.210. The highest BCUT2D eigenvalue weighted by molar-refractivity contribution is 5.98. The maximum atomic E-state index is 12.5. The number of aryl methyl sites for hydroxylation is 1. The highest BCUT2D eigenvalue weighted by atomic mass is 16.5. The molecule has 0 aliphatic carbocycles. The molecule has 6 heteroatoms. The number of anilines is 1. The molecule has 3 rings (SSSR count). The Balaban J connectivity index is 1.81. The van der Waals surface area contributed by atoms with Gasteiger partial charge in [0, 0.05) is 22.3 Å². The highest BCUT2D eigenvalue weighted by Crippen LogP contribution is 2.27. The number of fused-ring (bicyclic) bond motifs is 1. The van der Waals surface area contributed by atoms with Gasteiger partial charge in [-0.05, 0) is 48.9 Å². The fraction of sp³-hybridized carbons (Fsp3) is 0.200. The van der Waals surface area contributed by atoms with E-state index in [2.05, 4.69) is 10.3 Å². The number of methoxy groups -OCH3 is 2. The van der Waals surface area contributed by atoms with Gasteiger partial charge in [0.15, 0.2) is 0 Å². The largest absolute Gasteiger partial charge is 0.497 e. The number of hydrogen-bond acceptors (Lipinski definition) is 4. The summed E-state index contributed by atoms with van der Waals surface area (Å²) in [4.78, 5) is 27.4. The molecule has 2 aromatic carbocycles. The minimum Gasteiger partial charge on any atom is -0.497 e. The molecule has 1 amide bonds. The fourth-order valence-electron chi connectivity index (χ4n) is 2.92. The van der Waals surface area contributed by atoms with Crippen LogP contribution in [0.2, 0.25) is 0 Å². The van der Waals surface area contributed by atoms with E-state index < -0.39 is 5.97 Å². The van der Waals surface area contributed by atoms with E-state index in [4.69, 9.17) is 9.47 Å². The van der Waals surface area contributed by atoms with E-state index >= 15 is 0 Å². The second kappa shape index (κ2) is 7.31. The number of esters is 1. The number of rotatable bonds is 5. The van der Waals surface area contributed by atoms with Crippen molar-refractivity contribution >= 4 is 28.5 Å². The maximum Gasteiger partial charge on any atom is 0.337 e. The second-order valence-corrected chi connectivity index (χ2v) is 5.94. The summed E-state index contributed by atoms with van der Waals surface area (Å²) in [5.74, 6) is 0.128. The Bertz CT molecular complexity index is 975. The van der Waals surface area contributed by atoms with Crippen molar-refractivity contribution < 1.29 is 19.1 Å². The van der Waals surface area contributed by atoms with Gasteiger partial charge in [-0.3, -0.25) is 4.79 Å². The van der Waals surface area contributed by atoms with Crippen molar-refractivity contribution in [3.63, 3.8) is 0 Å². The van der Waals surface area contributed by atoms with Crippen LogP contribution in [0.25, 0.3) is 10.9 Å². The molecule has 0 aliphatic heterocycles. The minimum absolute atomic E-state index is 0.168. The standard InChI is InChI=1S/C20H20N2O4/c1-12-16(17-10-15(25-2)7-8-18(17)21-12)11-19(23)22-14-6-4-5-13(9-14)20(24)26-3/h4-10,21H,11H2,1-3H3,(H,22,23). The lowest BCUT2D eigenvalue weighted by atomic mass is 10.1. The molecule has 0 unspecified atom stereocenters. The Morgan fingerprint density at radius 1 is 1.12 bits per heavy atom. The molecule has 0 saturated heterocycles. The van der Waals surface area contributed by atoms with Crippen LogP contribution in [0.1, 0.15) is 21.6 Å². The molecule has 3 aromatic rings. The monoisotopic (exact) mass is 352 g/mol. The Kier molecular flexibility index (Phi) is 4.93. The third-order valence-corrected chi connectivity index (χ3v) is 4.23. The molecular formula is C20H20N2O4. The molecule has 26 heavy (non-hydrogen) atoms. The summed E-state index contributed by atoms with van der Waals surface area (Å²) in [6, 6.07) is 12.4. The molecule has 6 nitrogen and oxygen atoms in total. The molecule has 0 fully saturated rings. The van der Waals surface area contributed by atoms with Crippen LogP contribution in [0.4, 0.5) is 5.69 Å². The summed E-state index contributed by atoms with van der Waals surface area (Å²) in [5, 5.41) is 3.79. The van der Waals surface area contributed by atoms with Crippen molar-refractivity contribution in [2.75, 3.05) is 19.5 Å². The summed E-state index contributed by atoms with van der Waals surface area (Å²) in [5.41, 5.74) is 3.75. The Morgan fingerprint density at radius 3 is 2.65 bits per heavy atom. The quantitative estimate of drug-likeness (QED) is 0.689. The number of nitrogens with one attached hydrogen (secondary N) is 2. The van der Waals surface area contributed by atoms with Gasteiger partial charge in [-0.2, -0.15) is 0 Å². The smallest absolute Gasteiger partial charge is 0.337 e. The van der Waals surface area contributed by atoms with Gasteiger partial charge in [-0.25, -0.2) is 4.79 Å². The number of hydrogen-bond donors (Lipinski definition) is 2. The van der Waals surface area contributed by atoms with E-state index in [0.717, 1.165) is 27.9 Å². The lowest BCUT2D eigenvalue weighted by Gasteiger charge is -2.07. The first-order chi connectivity index (χ1) is 12.5. The number of carbonyl (C=O) groups is 2. The number of H-pyrrole nitrogens is 1. The number of aromatic amines is 1. The lowest BCUT2D eigenvalue weighted by Crippen LogP contribution is -2.15. The van der Waals surface area contributed by atoms with E-state index in [0.29, 0.717) is 11.3 Å². The third-order valence-electron chi connectivity index (χ3n) is 4.23. The number of benzene rings is 2. The van der Waals surface area contributed by atoms with Crippen molar-refractivity contribution in [3.05, 3.63) is 59.3 Å². The van der Waals surface area contributed by atoms with Gasteiger partial charge in [0.1, 0.15) is 5.75 Å². The van der Waals surface area contributed by atoms with Crippen LogP contribution < -0.4 is 10.1 Å². The Labute approximate surface area is 151 Å². The Morgan fingerprint density at radius 2 is 1.92 bits per heavy atom. The molecule has 134 valence electrons. The normalized spacial score (nSPS) is 10.6. The van der Waals surface area contributed by atoms with Gasteiger partial charge < -0.3 is 19.8 Å². The molecule has 1 aromatic heterocycles. The zero-order chi connectivity index (χ0) is 18.7. The van der Waals surface area contributed by atoms with Gasteiger partial charge in [-0.15, -0.1) is 0 Å². The molecular weight excluding hydrogens is 332 g/mol. The van der Waals surface area contributed by atoms with Crippen LogP contribution in [-0.4, -0.2) is 31.1 Å². The minimum atomic E-state index is -0.444. The van der Waals surface area contributed by atoms with Gasteiger partial charge in [0.2, 0.25) is 5.91 Å². The molecule has 0 radical (unpaired) electrons. The summed E-state index contributed by atoms with van der Waals surface area (Å²) in [7, 11) is 2.93. The molecule has 0 saturated carbocycles. The highest BCUT2D eigenvalue weighted by Gasteiger charge is 2.14. The SMILES string of the molecule is COC(=O)c1cccc(NC(=O)Cc2c(C)[nH]c3ccc(OC)cc23)c1. The summed E-state index contributed by atoms with van der Waals surface area (Å²) in [6.45, 7) is 1.94. The maximum absolute atomic E-state index is 12.5. The lowest BCUT2D eigenvalue weighted by molar-refractivity contribution is -0.115. The molecule has 0 spiro atoms. The van der Waals surface area contributed by atoms with Crippen LogP contribution in [-0.2, 0) is 16.0 Å². The zero-order valence-electron chi connectivity index (χ0n) is 14.9. The average molecular weight is 352 g/mol. The predicted octanol–water partition coefficient (Wildman–Crippen LogP) is 3.45. The van der Waals surface area contributed by atoms with Crippen LogP contribution in [0.3, 0.4) is 0 Å². The van der Waals surface area contributed by atoms with E-state index in [1.807, 2.05) is 25.1 Å². The summed E-state index contributed by atoms with van der Waals surface area (Å²) < 4.78 is 9.97. The van der Waals surface area contributed by atoms with E-state index in [9.17, 15) is 9.59 Å². The number of carbonyl (C=O) groups excluding carboxylic acids is 2. The van der Waals surface area contributed by atoms with Crippen LogP contribution in [0.15, 0.2) is 42.5 Å². The van der Waals surface area contributed by atoms with Gasteiger partial charge in [-0.1, -0.05) is 6.07 Å². The number of aromatic nitrogens is 1. The summed E-state index contributed by atoms with van der Waals surface area (Å²) >= 11 is 0. The second-order valence-electron chi connectivity index (χ2n) is 5.94. The van der Waals surface area contributed by atoms with Crippen molar-refractivity contribution in [2.45, 2.75) is 13.3 Å². The van der Waals surface area contributed by atoms with Gasteiger partial charge in [0.25, 0.3) is 0 Å². The number of amides is 1. The topological polar surface area (TPSA) is 80.4 Å². The molecule has 1 heterocycles. The first-order valence-corrected chi connectivity index (χ1v) is 8.15. The van der Waals surface area contributed by atoms with Crippen molar-refractivity contribution in [2.24, 2.45) is 0 Å². The van der Waals surface area contributed by atoms with Crippen molar-refractivity contribution in [3.8, 4) is 5.75 Å². The van der Waals surface area contributed by atoms with E-state index in [-0.39, 0.29) is 12.3 Å². The van der Waals surface area contributed by atoms with Crippen LogP contribution in [0, 0.1) is 6.92 Å². The van der Waals surface area contributed by atoms with Crippen molar-refractivity contribution in [1.29, 1.82) is 0 Å². The molecule has 0 aliphatic rings.